The van der Waals surface area contributed by atoms with Crippen LogP contribution in [0.1, 0.15) is 60.3 Å². The molecule has 0 spiro atoms. The Kier molecular flexibility index (Phi) is 4.43. The molecule has 1 aromatic carbocycles. The lowest BCUT2D eigenvalue weighted by Gasteiger charge is -2.56. The molecule has 2 N–H and O–H groups in total. The number of hydrogen-bond acceptors (Lipinski definition) is 3. The fraction of sp³-hybridized carbons (Fsp3) is 0.435. The molecule has 1 amide bonds. The minimum Gasteiger partial charge on any atom is -0.345 e. The van der Waals surface area contributed by atoms with Crippen LogP contribution >= 0.6 is 12.2 Å². The largest absolute Gasteiger partial charge is 0.345 e. The van der Waals surface area contributed by atoms with E-state index < -0.39 is 0 Å². The zero-order valence-corrected chi connectivity index (χ0v) is 16.7. The molecule has 4 aliphatic rings. The number of H-pyrrole nitrogens is 1. The second kappa shape index (κ2) is 6.96. The Morgan fingerprint density at radius 2 is 1.71 bits per heavy atom. The fourth-order valence-electron chi connectivity index (χ4n) is 6.00. The fourth-order valence-corrected chi connectivity index (χ4v) is 6.22. The van der Waals surface area contributed by atoms with Crippen LogP contribution in [0.5, 0.6) is 0 Å². The summed E-state index contributed by atoms with van der Waals surface area (Å²) in [5.74, 6) is 2.30. The van der Waals surface area contributed by atoms with Crippen LogP contribution in [0.3, 0.4) is 0 Å². The second-order valence-corrected chi connectivity index (χ2v) is 9.31. The van der Waals surface area contributed by atoms with Gasteiger partial charge >= 0.3 is 0 Å². The zero-order valence-electron chi connectivity index (χ0n) is 15.9. The highest BCUT2D eigenvalue weighted by atomic mass is 32.1. The van der Waals surface area contributed by atoms with E-state index in [-0.39, 0.29) is 11.4 Å². The second-order valence-electron chi connectivity index (χ2n) is 8.92. The Morgan fingerprint density at radius 1 is 1.07 bits per heavy atom. The highest BCUT2D eigenvalue weighted by Gasteiger charge is 2.51. The molecular formula is C23H25N3OS. The van der Waals surface area contributed by atoms with Crippen LogP contribution in [0, 0.1) is 22.5 Å². The molecule has 4 saturated carbocycles. The van der Waals surface area contributed by atoms with Gasteiger partial charge < -0.3 is 10.3 Å². The van der Waals surface area contributed by atoms with Gasteiger partial charge in [0.05, 0.1) is 0 Å². The van der Waals surface area contributed by atoms with Gasteiger partial charge in [-0.05, 0) is 86.2 Å². The van der Waals surface area contributed by atoms with Gasteiger partial charge in [-0.1, -0.05) is 36.4 Å². The molecular weight excluding hydrogens is 366 g/mol. The third-order valence-corrected chi connectivity index (χ3v) is 6.86. The first-order valence-electron chi connectivity index (χ1n) is 10.2. The summed E-state index contributed by atoms with van der Waals surface area (Å²) >= 11 is 5.27. The average Bonchev–Trinajstić information content (AvgIpc) is 2.65. The number of nitrogens with zero attached hydrogens (tertiary/aromatic N) is 1. The minimum absolute atomic E-state index is 0.0191. The normalized spacial score (nSPS) is 30.6. The summed E-state index contributed by atoms with van der Waals surface area (Å²) < 4.78 is 0.339. The molecule has 4 bridgehead atoms. The third-order valence-electron chi connectivity index (χ3n) is 6.67. The van der Waals surface area contributed by atoms with Crippen molar-refractivity contribution in [1.82, 2.24) is 15.3 Å². The monoisotopic (exact) mass is 391 g/mol. The van der Waals surface area contributed by atoms with Crippen molar-refractivity contribution in [3.8, 4) is 0 Å². The first kappa shape index (κ1) is 17.8. The van der Waals surface area contributed by atoms with E-state index in [0.29, 0.717) is 10.5 Å². The first-order chi connectivity index (χ1) is 13.6. The highest BCUT2D eigenvalue weighted by Crippen LogP contribution is 2.55. The molecule has 28 heavy (non-hydrogen) atoms. The number of hydrogen-bond donors (Lipinski definition) is 2. The lowest BCUT2D eigenvalue weighted by Crippen LogP contribution is -2.59. The first-order valence-corrected chi connectivity index (χ1v) is 10.6. The number of nitrogens with one attached hydrogen (secondary N) is 2. The molecule has 0 saturated heterocycles. The Balaban J connectivity index is 1.36. The van der Waals surface area contributed by atoms with Crippen LogP contribution in [-0.4, -0.2) is 21.4 Å². The van der Waals surface area contributed by atoms with E-state index in [2.05, 4.69) is 15.3 Å². The molecule has 0 unspecified atom stereocenters. The molecule has 1 aromatic heterocycles. The summed E-state index contributed by atoms with van der Waals surface area (Å²) in [4.78, 5) is 20.4. The van der Waals surface area contributed by atoms with Gasteiger partial charge in [0.2, 0.25) is 0 Å². The predicted molar refractivity (Wildman–Crippen MR) is 113 cm³/mol. The topological polar surface area (TPSA) is 57.8 Å². The molecule has 0 radical (unpaired) electrons. The molecule has 5 heteroatoms. The van der Waals surface area contributed by atoms with Crippen molar-refractivity contribution in [3.05, 3.63) is 58.1 Å². The highest BCUT2D eigenvalue weighted by molar-refractivity contribution is 7.71. The van der Waals surface area contributed by atoms with E-state index in [1.165, 1.54) is 19.3 Å². The number of amides is 1. The van der Waals surface area contributed by atoms with Crippen molar-refractivity contribution in [2.75, 3.05) is 0 Å². The number of aromatic amines is 1. The molecule has 1 heterocycles. The van der Waals surface area contributed by atoms with Crippen molar-refractivity contribution in [2.45, 2.75) is 44.1 Å². The summed E-state index contributed by atoms with van der Waals surface area (Å²) in [6.45, 7) is 0. The maximum Gasteiger partial charge on any atom is 0.270 e. The van der Waals surface area contributed by atoms with E-state index in [0.717, 1.165) is 48.3 Å². The third kappa shape index (κ3) is 3.55. The van der Waals surface area contributed by atoms with Crippen LogP contribution in [-0.2, 0) is 0 Å². The predicted octanol–water partition coefficient (Wildman–Crippen LogP) is 5.01. The maximum atomic E-state index is 13.1. The van der Waals surface area contributed by atoms with E-state index in [9.17, 15) is 4.79 Å². The average molecular weight is 392 g/mol. The summed E-state index contributed by atoms with van der Waals surface area (Å²) in [5, 5.41) is 3.38. The standard InChI is InChI=1S/C23H25N3OS/c27-21(26-23-12-16-8-17(13-23)10-18(9-16)14-23)20-11-19(24-22(28)25-20)7-6-15-4-2-1-3-5-15/h1-7,11,16-18H,8-10,12-14H2,(H,26,27)(H,24,25,28)/b7-6+. The van der Waals surface area contributed by atoms with Crippen LogP contribution in [0.4, 0.5) is 0 Å². The number of carbonyl (C=O) groups is 1. The van der Waals surface area contributed by atoms with Crippen molar-refractivity contribution in [2.24, 2.45) is 17.8 Å². The van der Waals surface area contributed by atoms with Gasteiger partial charge in [-0.15, -0.1) is 0 Å². The van der Waals surface area contributed by atoms with Crippen LogP contribution < -0.4 is 5.32 Å². The summed E-state index contributed by atoms with van der Waals surface area (Å²) in [7, 11) is 0. The van der Waals surface area contributed by atoms with E-state index in [1.807, 2.05) is 42.5 Å². The smallest absolute Gasteiger partial charge is 0.270 e. The van der Waals surface area contributed by atoms with Crippen LogP contribution in [0.2, 0.25) is 0 Å². The van der Waals surface area contributed by atoms with Crippen molar-refractivity contribution < 1.29 is 4.79 Å². The van der Waals surface area contributed by atoms with Gasteiger partial charge in [-0.25, -0.2) is 4.98 Å². The Hall–Kier alpha value is -2.27. The van der Waals surface area contributed by atoms with Crippen molar-refractivity contribution in [3.63, 3.8) is 0 Å². The summed E-state index contributed by atoms with van der Waals surface area (Å²) in [6, 6.07) is 11.9. The lowest BCUT2D eigenvalue weighted by atomic mass is 9.53. The molecule has 6 rings (SSSR count). The van der Waals surface area contributed by atoms with Gasteiger partial charge in [0.25, 0.3) is 5.91 Å². The van der Waals surface area contributed by atoms with Gasteiger partial charge in [0, 0.05) is 11.2 Å². The van der Waals surface area contributed by atoms with Gasteiger partial charge in [-0.3, -0.25) is 4.79 Å². The lowest BCUT2D eigenvalue weighted by molar-refractivity contribution is -0.0167. The summed E-state index contributed by atoms with van der Waals surface area (Å²) in [6.07, 6.45) is 11.4. The summed E-state index contributed by atoms with van der Waals surface area (Å²) in [5.41, 5.74) is 2.28. The minimum atomic E-state index is -0.0867. The quantitative estimate of drug-likeness (QED) is 0.721. The SMILES string of the molecule is O=C(NC12CC3CC(CC(C3)C1)C2)c1cc(/C=C/c2ccccc2)[nH]c(=S)n1. The van der Waals surface area contributed by atoms with Gasteiger partial charge in [0.1, 0.15) is 5.69 Å². The van der Waals surface area contributed by atoms with Gasteiger partial charge in [-0.2, -0.15) is 0 Å². The van der Waals surface area contributed by atoms with E-state index >= 15 is 0 Å². The van der Waals surface area contributed by atoms with Crippen molar-refractivity contribution in [1.29, 1.82) is 0 Å². The molecule has 2 aromatic rings. The number of aromatic nitrogens is 2. The zero-order chi connectivity index (χ0) is 19.1. The van der Waals surface area contributed by atoms with Crippen LogP contribution in [0.25, 0.3) is 12.2 Å². The molecule has 0 atom stereocenters. The van der Waals surface area contributed by atoms with Crippen LogP contribution in [0.15, 0.2) is 36.4 Å². The number of rotatable bonds is 4. The van der Waals surface area contributed by atoms with E-state index in [4.69, 9.17) is 12.2 Å². The Bertz CT molecular complexity index is 944. The Morgan fingerprint density at radius 3 is 2.36 bits per heavy atom. The molecule has 144 valence electrons. The number of carbonyl (C=O) groups excluding carboxylic acids is 1. The Labute approximate surface area is 170 Å². The molecule has 0 aliphatic heterocycles. The molecule has 4 fully saturated rings. The van der Waals surface area contributed by atoms with E-state index in [1.54, 1.807) is 6.07 Å². The molecule has 4 nitrogen and oxygen atoms in total. The number of benzene rings is 1. The maximum absolute atomic E-state index is 13.1. The van der Waals surface area contributed by atoms with Crippen molar-refractivity contribution >= 4 is 30.3 Å². The van der Waals surface area contributed by atoms with Gasteiger partial charge in [0.15, 0.2) is 4.77 Å². The molecule has 4 aliphatic carbocycles.